The molecule has 0 aromatic heterocycles. The maximum atomic E-state index is 12.9. The van der Waals surface area contributed by atoms with Crippen LogP contribution in [0.4, 0.5) is 5.69 Å². The molecule has 0 bridgehead atoms. The molecule has 1 aliphatic rings. The first-order valence-electron chi connectivity index (χ1n) is 7.71. The second kappa shape index (κ2) is 6.72. The highest BCUT2D eigenvalue weighted by molar-refractivity contribution is 5.97. The average molecular weight is 340 g/mol. The van der Waals surface area contributed by atoms with E-state index in [1.165, 1.54) is 36.3 Å². The van der Waals surface area contributed by atoms with Crippen LogP contribution in [0, 0.1) is 10.1 Å². The van der Waals surface area contributed by atoms with Crippen molar-refractivity contribution in [2.45, 2.75) is 19.0 Å². The van der Waals surface area contributed by atoms with Crippen molar-refractivity contribution in [3.8, 4) is 0 Å². The third-order valence-electron chi connectivity index (χ3n) is 4.31. The standard InChI is InChI=1S/C18H16N2O5/c1-25-18(22)16-10-13-4-2-3-5-14(13)11-19(16)17(21)12-6-8-15(9-7-12)20(23)24/h2-9,16H,10-11H2,1H3. The second-order valence-electron chi connectivity index (χ2n) is 5.75. The fraction of sp³-hybridized carbons (Fsp3) is 0.222. The number of carbonyl (C=O) groups is 2. The van der Waals surface area contributed by atoms with Gasteiger partial charge in [-0.05, 0) is 23.3 Å². The van der Waals surface area contributed by atoms with Gasteiger partial charge in [-0.1, -0.05) is 24.3 Å². The molecule has 2 aromatic rings. The van der Waals surface area contributed by atoms with Gasteiger partial charge in [0, 0.05) is 30.7 Å². The number of hydrogen-bond acceptors (Lipinski definition) is 5. The van der Waals surface area contributed by atoms with Crippen molar-refractivity contribution in [2.24, 2.45) is 0 Å². The molecule has 1 aliphatic heterocycles. The summed E-state index contributed by atoms with van der Waals surface area (Å²) in [7, 11) is 1.29. The predicted molar refractivity (Wildman–Crippen MR) is 88.9 cm³/mol. The van der Waals surface area contributed by atoms with Gasteiger partial charge in [0.15, 0.2) is 0 Å². The summed E-state index contributed by atoms with van der Waals surface area (Å²) in [6.07, 6.45) is 0.377. The van der Waals surface area contributed by atoms with E-state index >= 15 is 0 Å². The van der Waals surface area contributed by atoms with Crippen molar-refractivity contribution in [3.05, 3.63) is 75.3 Å². The van der Waals surface area contributed by atoms with Crippen LogP contribution in [0.1, 0.15) is 21.5 Å². The van der Waals surface area contributed by atoms with Gasteiger partial charge in [0.05, 0.1) is 12.0 Å². The first kappa shape index (κ1) is 16.6. The summed E-state index contributed by atoms with van der Waals surface area (Å²) in [6, 6.07) is 12.2. The molecule has 0 radical (unpaired) electrons. The van der Waals surface area contributed by atoms with Crippen molar-refractivity contribution in [1.29, 1.82) is 0 Å². The highest BCUT2D eigenvalue weighted by atomic mass is 16.6. The summed E-state index contributed by atoms with van der Waals surface area (Å²) in [4.78, 5) is 36.7. The molecule has 2 aromatic carbocycles. The van der Waals surface area contributed by atoms with Gasteiger partial charge in [0.2, 0.25) is 0 Å². The number of non-ortho nitro benzene ring substituents is 1. The number of ether oxygens (including phenoxy) is 1. The average Bonchev–Trinajstić information content (AvgIpc) is 2.65. The van der Waals surface area contributed by atoms with Crippen LogP contribution >= 0.6 is 0 Å². The second-order valence-corrected chi connectivity index (χ2v) is 5.75. The van der Waals surface area contributed by atoms with Gasteiger partial charge in [-0.25, -0.2) is 4.79 Å². The number of methoxy groups -OCH3 is 1. The van der Waals surface area contributed by atoms with E-state index in [9.17, 15) is 19.7 Å². The number of benzene rings is 2. The number of rotatable bonds is 3. The van der Waals surface area contributed by atoms with E-state index in [1.54, 1.807) is 0 Å². The zero-order chi connectivity index (χ0) is 18.0. The van der Waals surface area contributed by atoms with Crippen LogP contribution in [0.5, 0.6) is 0 Å². The zero-order valence-electron chi connectivity index (χ0n) is 13.5. The molecular formula is C18H16N2O5. The third-order valence-corrected chi connectivity index (χ3v) is 4.31. The van der Waals surface area contributed by atoms with Crippen molar-refractivity contribution >= 4 is 17.6 Å². The summed E-state index contributed by atoms with van der Waals surface area (Å²) in [5, 5.41) is 10.8. The van der Waals surface area contributed by atoms with E-state index in [1.807, 2.05) is 24.3 Å². The number of nitro groups is 1. The lowest BCUT2D eigenvalue weighted by molar-refractivity contribution is -0.384. The number of nitro benzene ring substituents is 1. The summed E-state index contributed by atoms with van der Waals surface area (Å²) >= 11 is 0. The highest BCUT2D eigenvalue weighted by Crippen LogP contribution is 2.26. The molecule has 1 heterocycles. The number of fused-ring (bicyclic) bond motifs is 1. The fourth-order valence-electron chi connectivity index (χ4n) is 2.97. The minimum absolute atomic E-state index is 0.0925. The van der Waals surface area contributed by atoms with E-state index in [0.717, 1.165) is 11.1 Å². The lowest BCUT2D eigenvalue weighted by Gasteiger charge is -2.35. The SMILES string of the molecule is COC(=O)C1Cc2ccccc2CN1C(=O)c1ccc([N+](=O)[O-])cc1. The molecule has 0 spiro atoms. The zero-order valence-corrected chi connectivity index (χ0v) is 13.5. The quantitative estimate of drug-likeness (QED) is 0.486. The molecule has 7 heteroatoms. The molecular weight excluding hydrogens is 324 g/mol. The number of hydrogen-bond donors (Lipinski definition) is 0. The summed E-state index contributed by atoms with van der Waals surface area (Å²) in [6.45, 7) is 0.283. The van der Waals surface area contributed by atoms with Gasteiger partial charge < -0.3 is 9.64 Å². The monoisotopic (exact) mass is 340 g/mol. The molecule has 1 amide bonds. The Kier molecular flexibility index (Phi) is 4.47. The van der Waals surface area contributed by atoms with Crippen molar-refractivity contribution in [1.82, 2.24) is 4.90 Å². The Balaban J connectivity index is 1.93. The smallest absolute Gasteiger partial charge is 0.328 e. The Hall–Kier alpha value is -3.22. The minimum Gasteiger partial charge on any atom is -0.467 e. The molecule has 128 valence electrons. The van der Waals surface area contributed by atoms with Gasteiger partial charge in [-0.3, -0.25) is 14.9 Å². The molecule has 0 N–H and O–H groups in total. The van der Waals surface area contributed by atoms with Crippen LogP contribution in [0.25, 0.3) is 0 Å². The molecule has 1 unspecified atom stereocenters. The lowest BCUT2D eigenvalue weighted by atomic mass is 9.93. The number of nitrogens with zero attached hydrogens (tertiary/aromatic N) is 2. The number of esters is 1. The van der Waals surface area contributed by atoms with E-state index in [4.69, 9.17) is 4.74 Å². The molecule has 25 heavy (non-hydrogen) atoms. The van der Waals surface area contributed by atoms with Gasteiger partial charge in [0.25, 0.3) is 11.6 Å². The third kappa shape index (κ3) is 3.21. The summed E-state index contributed by atoms with van der Waals surface area (Å²) < 4.78 is 4.85. The van der Waals surface area contributed by atoms with Crippen LogP contribution in [-0.2, 0) is 22.5 Å². The highest BCUT2D eigenvalue weighted by Gasteiger charge is 2.35. The molecule has 7 nitrogen and oxygen atoms in total. The maximum absolute atomic E-state index is 12.9. The van der Waals surface area contributed by atoms with Crippen LogP contribution in [0.15, 0.2) is 48.5 Å². The Labute approximate surface area is 144 Å². The Morgan fingerprint density at radius 2 is 1.76 bits per heavy atom. The van der Waals surface area contributed by atoms with E-state index < -0.39 is 16.9 Å². The van der Waals surface area contributed by atoms with E-state index in [-0.39, 0.29) is 18.1 Å². The van der Waals surface area contributed by atoms with Gasteiger partial charge >= 0.3 is 5.97 Å². The largest absolute Gasteiger partial charge is 0.467 e. The fourth-order valence-corrected chi connectivity index (χ4v) is 2.97. The first-order valence-corrected chi connectivity index (χ1v) is 7.71. The summed E-state index contributed by atoms with van der Waals surface area (Å²) in [5.74, 6) is -0.843. The molecule has 1 atom stereocenters. The predicted octanol–water partition coefficient (Wildman–Crippen LogP) is 2.33. The van der Waals surface area contributed by atoms with E-state index in [0.29, 0.717) is 12.0 Å². The van der Waals surface area contributed by atoms with Gasteiger partial charge in [-0.2, -0.15) is 0 Å². The molecule has 0 saturated heterocycles. The topological polar surface area (TPSA) is 89.8 Å². The maximum Gasteiger partial charge on any atom is 0.328 e. The number of amides is 1. The Bertz CT molecular complexity index is 832. The van der Waals surface area contributed by atoms with Crippen LogP contribution in [0.3, 0.4) is 0 Å². The van der Waals surface area contributed by atoms with Crippen LogP contribution in [-0.4, -0.2) is 34.9 Å². The molecule has 0 aliphatic carbocycles. The Morgan fingerprint density at radius 3 is 2.36 bits per heavy atom. The normalized spacial score (nSPS) is 16.0. The first-order chi connectivity index (χ1) is 12.0. The van der Waals surface area contributed by atoms with Crippen molar-refractivity contribution < 1.29 is 19.2 Å². The van der Waals surface area contributed by atoms with Gasteiger partial charge in [-0.15, -0.1) is 0 Å². The van der Waals surface area contributed by atoms with Gasteiger partial charge in [0.1, 0.15) is 6.04 Å². The molecule has 0 fully saturated rings. The van der Waals surface area contributed by atoms with E-state index in [2.05, 4.69) is 0 Å². The van der Waals surface area contributed by atoms with Crippen LogP contribution < -0.4 is 0 Å². The van der Waals surface area contributed by atoms with Crippen molar-refractivity contribution in [2.75, 3.05) is 7.11 Å². The van der Waals surface area contributed by atoms with Crippen molar-refractivity contribution in [3.63, 3.8) is 0 Å². The lowest BCUT2D eigenvalue weighted by Crippen LogP contribution is -2.49. The number of carbonyl (C=O) groups excluding carboxylic acids is 2. The summed E-state index contributed by atoms with van der Waals surface area (Å²) in [5.41, 5.74) is 2.17. The molecule has 3 rings (SSSR count). The van der Waals surface area contributed by atoms with Crippen LogP contribution in [0.2, 0.25) is 0 Å². The minimum atomic E-state index is -0.720. The Morgan fingerprint density at radius 1 is 1.12 bits per heavy atom. The molecule has 0 saturated carbocycles.